The summed E-state index contributed by atoms with van der Waals surface area (Å²) in [6.45, 7) is 1.85. The number of fused-ring (bicyclic) bond motifs is 4. The normalized spacial score (nSPS) is 17.4. The van der Waals surface area contributed by atoms with Gasteiger partial charge in [-0.1, -0.05) is 30.2 Å². The SMILES string of the molecule is C[C@@H]1CCC[C@H](n2ncc(-c3cc(Cl)ccc3-n3cc(C(F)(F)F)nn3)cc2=O)c2ccnc(c2)-c2c(cnn2C)NC1=O. The topological polar surface area (TPSA) is 125 Å². The average molecular weight is 624 g/mol. The molecule has 2 bridgehead atoms. The molecule has 0 radical (unpaired) electrons. The van der Waals surface area contributed by atoms with Crippen molar-refractivity contribution in [3.05, 3.63) is 87.8 Å². The lowest BCUT2D eigenvalue weighted by atomic mass is 9.96. The first kappa shape index (κ1) is 29.2. The van der Waals surface area contributed by atoms with Gasteiger partial charge in [-0.15, -0.1) is 5.10 Å². The molecule has 1 amide bonds. The highest BCUT2D eigenvalue weighted by atomic mass is 35.5. The number of alkyl halides is 3. The number of halogens is 4. The number of pyridine rings is 1. The van der Waals surface area contributed by atoms with Crippen LogP contribution in [0, 0.1) is 5.92 Å². The molecule has 5 heterocycles. The van der Waals surface area contributed by atoms with Crippen LogP contribution in [0.25, 0.3) is 28.2 Å². The van der Waals surface area contributed by atoms with Crippen LogP contribution in [0.1, 0.15) is 43.5 Å². The summed E-state index contributed by atoms with van der Waals surface area (Å²) < 4.78 is 43.6. The fourth-order valence-corrected chi connectivity index (χ4v) is 5.47. The molecular weight excluding hydrogens is 599 g/mol. The fourth-order valence-electron chi connectivity index (χ4n) is 5.30. The first-order valence-electron chi connectivity index (χ1n) is 13.7. The third-order valence-corrected chi connectivity index (χ3v) is 7.83. The van der Waals surface area contributed by atoms with E-state index < -0.39 is 23.5 Å². The molecule has 0 saturated heterocycles. The van der Waals surface area contributed by atoms with Crippen molar-refractivity contribution in [3.63, 3.8) is 0 Å². The van der Waals surface area contributed by atoms with Crippen molar-refractivity contribution in [2.45, 2.75) is 38.4 Å². The van der Waals surface area contributed by atoms with E-state index in [1.807, 2.05) is 19.1 Å². The Bertz CT molecular complexity index is 1930. The molecule has 0 aliphatic carbocycles. The summed E-state index contributed by atoms with van der Waals surface area (Å²) in [6, 6.07) is 9.05. The Morgan fingerprint density at radius 2 is 1.86 bits per heavy atom. The predicted octanol–water partition coefficient (Wildman–Crippen LogP) is 5.31. The van der Waals surface area contributed by atoms with Gasteiger partial charge in [0.15, 0.2) is 5.69 Å². The molecule has 0 fully saturated rings. The molecule has 2 atom stereocenters. The number of anilines is 1. The van der Waals surface area contributed by atoms with Gasteiger partial charge in [0.05, 0.1) is 41.7 Å². The molecule has 1 aromatic carbocycles. The van der Waals surface area contributed by atoms with E-state index in [1.165, 1.54) is 35.1 Å². The lowest BCUT2D eigenvalue weighted by Crippen LogP contribution is -2.28. The zero-order valence-electron chi connectivity index (χ0n) is 23.5. The first-order valence-corrected chi connectivity index (χ1v) is 14.1. The third kappa shape index (κ3) is 5.60. The van der Waals surface area contributed by atoms with Gasteiger partial charge in [0.1, 0.15) is 5.69 Å². The van der Waals surface area contributed by atoms with Gasteiger partial charge in [-0.05, 0) is 48.7 Å². The van der Waals surface area contributed by atoms with Crippen LogP contribution < -0.4 is 10.9 Å². The zero-order valence-corrected chi connectivity index (χ0v) is 24.2. The van der Waals surface area contributed by atoms with Crippen molar-refractivity contribution < 1.29 is 18.0 Å². The second kappa shape index (κ2) is 11.3. The van der Waals surface area contributed by atoms with Crippen molar-refractivity contribution in [1.29, 1.82) is 0 Å². The summed E-state index contributed by atoms with van der Waals surface area (Å²) in [6.07, 6.45) is 2.48. The fraction of sp³-hybridized carbons (Fsp3) is 0.276. The number of nitrogens with one attached hydrogen (secondary N) is 1. The van der Waals surface area contributed by atoms with Gasteiger partial charge in [0, 0.05) is 41.4 Å². The summed E-state index contributed by atoms with van der Waals surface area (Å²) in [7, 11) is 1.75. The Kier molecular flexibility index (Phi) is 7.53. The molecular formula is C29H25ClF3N9O2. The quantitative estimate of drug-likeness (QED) is 0.289. The Morgan fingerprint density at radius 3 is 2.61 bits per heavy atom. The van der Waals surface area contributed by atoms with Crippen LogP contribution in [0.4, 0.5) is 18.9 Å². The molecule has 11 nitrogen and oxygen atoms in total. The molecule has 226 valence electrons. The molecule has 5 aromatic rings. The maximum atomic E-state index is 13.7. The van der Waals surface area contributed by atoms with E-state index in [-0.39, 0.29) is 17.5 Å². The molecule has 1 N–H and O–H groups in total. The van der Waals surface area contributed by atoms with E-state index in [2.05, 4.69) is 30.8 Å². The number of aryl methyl sites for hydroxylation is 1. The lowest BCUT2D eigenvalue weighted by molar-refractivity contribution is -0.141. The Labute approximate surface area is 253 Å². The zero-order chi connectivity index (χ0) is 31.2. The molecule has 0 saturated carbocycles. The van der Waals surface area contributed by atoms with Crippen LogP contribution in [-0.4, -0.2) is 45.4 Å². The highest BCUT2D eigenvalue weighted by molar-refractivity contribution is 6.31. The smallest absolute Gasteiger partial charge is 0.323 e. The third-order valence-electron chi connectivity index (χ3n) is 7.59. The van der Waals surface area contributed by atoms with Crippen LogP contribution in [0.2, 0.25) is 5.02 Å². The number of rotatable bonds is 3. The van der Waals surface area contributed by atoms with Gasteiger partial charge in [-0.2, -0.15) is 23.4 Å². The van der Waals surface area contributed by atoms with Gasteiger partial charge in [0.2, 0.25) is 5.91 Å². The van der Waals surface area contributed by atoms with Crippen molar-refractivity contribution in [3.8, 4) is 28.2 Å². The van der Waals surface area contributed by atoms with Crippen molar-refractivity contribution in [2.75, 3.05) is 5.32 Å². The van der Waals surface area contributed by atoms with E-state index >= 15 is 0 Å². The summed E-state index contributed by atoms with van der Waals surface area (Å²) in [5.41, 5.74) is 1.84. The first-order chi connectivity index (χ1) is 21.0. The van der Waals surface area contributed by atoms with Gasteiger partial charge >= 0.3 is 6.18 Å². The number of hydrogen-bond donors (Lipinski definition) is 1. The average Bonchev–Trinajstić information content (AvgIpc) is 3.62. The van der Waals surface area contributed by atoms with Crippen LogP contribution in [0.3, 0.4) is 0 Å². The van der Waals surface area contributed by atoms with Crippen LogP contribution in [0.15, 0.2) is 66.0 Å². The van der Waals surface area contributed by atoms with Gasteiger partial charge < -0.3 is 5.32 Å². The van der Waals surface area contributed by atoms with Crippen LogP contribution in [0.5, 0.6) is 0 Å². The van der Waals surface area contributed by atoms with Crippen molar-refractivity contribution >= 4 is 23.2 Å². The molecule has 0 unspecified atom stereocenters. The van der Waals surface area contributed by atoms with E-state index in [0.29, 0.717) is 52.5 Å². The number of aromatic nitrogens is 8. The number of carbonyl (C=O) groups is 1. The maximum Gasteiger partial charge on any atom is 0.436 e. The molecule has 44 heavy (non-hydrogen) atoms. The molecule has 1 aliphatic rings. The Morgan fingerprint density at radius 1 is 1.05 bits per heavy atom. The summed E-state index contributed by atoms with van der Waals surface area (Å²) in [5, 5.41) is 18.9. The molecule has 4 aromatic heterocycles. The Balaban J connectivity index is 1.42. The minimum atomic E-state index is -4.67. The van der Waals surface area contributed by atoms with Gasteiger partial charge in [0.25, 0.3) is 5.56 Å². The monoisotopic (exact) mass is 623 g/mol. The number of hydrogen-bond acceptors (Lipinski definition) is 7. The lowest BCUT2D eigenvalue weighted by Gasteiger charge is -2.22. The molecule has 6 rings (SSSR count). The summed E-state index contributed by atoms with van der Waals surface area (Å²) in [5.74, 6) is -0.434. The molecule has 0 spiro atoms. The highest BCUT2D eigenvalue weighted by Gasteiger charge is 2.35. The van der Waals surface area contributed by atoms with Gasteiger partial charge in [-0.25, -0.2) is 9.36 Å². The standard InChI is InChI=1S/C29H25ClF3N9O2/c1-16-4-3-5-23(17-8-9-34-21(10-17)27-22(37-28(16)44)14-35-40(27)2)42-26(43)11-18(13-36-42)20-12-19(30)6-7-24(20)41-15-25(38-39-41)29(31,32)33/h6-16,23H,3-5H2,1-2H3,(H,37,44)/t16-,23+/m1/s1. The minimum absolute atomic E-state index is 0.140. The van der Waals surface area contributed by atoms with Crippen molar-refractivity contribution in [1.82, 2.24) is 39.5 Å². The second-order valence-corrected chi connectivity index (χ2v) is 11.0. The number of carbonyl (C=O) groups excluding carboxylic acids is 1. The van der Waals surface area contributed by atoms with Crippen molar-refractivity contribution in [2.24, 2.45) is 13.0 Å². The highest BCUT2D eigenvalue weighted by Crippen LogP contribution is 2.34. The summed E-state index contributed by atoms with van der Waals surface area (Å²) >= 11 is 6.24. The summed E-state index contributed by atoms with van der Waals surface area (Å²) in [4.78, 5) is 31.1. The van der Waals surface area contributed by atoms with E-state index in [1.54, 1.807) is 24.1 Å². The second-order valence-electron chi connectivity index (χ2n) is 10.6. The Hall–Kier alpha value is -4.85. The minimum Gasteiger partial charge on any atom is -0.323 e. The number of benzene rings is 1. The van der Waals surface area contributed by atoms with Crippen LogP contribution in [-0.2, 0) is 18.0 Å². The van der Waals surface area contributed by atoms with E-state index in [4.69, 9.17) is 11.6 Å². The van der Waals surface area contributed by atoms with Crippen LogP contribution >= 0.6 is 11.6 Å². The van der Waals surface area contributed by atoms with Gasteiger partial charge in [-0.3, -0.25) is 19.3 Å². The molecule has 1 aliphatic heterocycles. The maximum absolute atomic E-state index is 13.7. The van der Waals surface area contributed by atoms with E-state index in [0.717, 1.165) is 16.4 Å². The number of nitrogens with zero attached hydrogens (tertiary/aromatic N) is 8. The predicted molar refractivity (Wildman–Crippen MR) is 155 cm³/mol. The van der Waals surface area contributed by atoms with E-state index in [9.17, 15) is 22.8 Å². The largest absolute Gasteiger partial charge is 0.436 e. The molecule has 15 heteroatoms. The number of amides is 1.